The molecule has 1 heterocycles. The highest BCUT2D eigenvalue weighted by atomic mass is 79.9. The lowest BCUT2D eigenvalue weighted by atomic mass is 10.2. The fourth-order valence-corrected chi connectivity index (χ4v) is 1.99. The monoisotopic (exact) mass is 259 g/mol. The van der Waals surface area contributed by atoms with Gasteiger partial charge in [-0.05, 0) is 24.6 Å². The van der Waals surface area contributed by atoms with E-state index in [1.165, 1.54) is 12.1 Å². The van der Waals surface area contributed by atoms with Crippen LogP contribution in [0.15, 0.2) is 22.7 Å². The minimum Gasteiger partial charge on any atom is -0.380 e. The van der Waals surface area contributed by atoms with E-state index >= 15 is 0 Å². The summed E-state index contributed by atoms with van der Waals surface area (Å²) in [4.78, 5) is 0. The summed E-state index contributed by atoms with van der Waals surface area (Å²) in [5, 5.41) is 3.23. The number of ether oxygens (including phenoxy) is 1. The molecule has 1 fully saturated rings. The first-order valence-electron chi connectivity index (χ1n) is 4.54. The van der Waals surface area contributed by atoms with Crippen molar-refractivity contribution in [3.05, 3.63) is 28.5 Å². The van der Waals surface area contributed by atoms with Gasteiger partial charge < -0.3 is 10.1 Å². The maximum atomic E-state index is 13.0. The van der Waals surface area contributed by atoms with Crippen LogP contribution in [0.25, 0.3) is 0 Å². The third-order valence-electron chi connectivity index (χ3n) is 2.16. The topological polar surface area (TPSA) is 21.3 Å². The Morgan fingerprint density at radius 3 is 2.93 bits per heavy atom. The molecule has 1 unspecified atom stereocenters. The second kappa shape index (κ2) is 4.28. The molecule has 1 atom stereocenters. The minimum absolute atomic E-state index is 0.235. The molecule has 14 heavy (non-hydrogen) atoms. The van der Waals surface area contributed by atoms with E-state index in [1.54, 1.807) is 0 Å². The van der Waals surface area contributed by atoms with E-state index in [1.807, 2.05) is 6.07 Å². The Morgan fingerprint density at radius 2 is 2.29 bits per heavy atom. The van der Waals surface area contributed by atoms with Gasteiger partial charge in [0.25, 0.3) is 0 Å². The summed E-state index contributed by atoms with van der Waals surface area (Å²) < 4.78 is 19.0. The molecular weight excluding hydrogens is 249 g/mol. The number of benzene rings is 1. The predicted octanol–water partition coefficient (Wildman–Crippen LogP) is 2.79. The van der Waals surface area contributed by atoms with Crippen molar-refractivity contribution in [1.29, 1.82) is 0 Å². The van der Waals surface area contributed by atoms with Gasteiger partial charge in [-0.15, -0.1) is 0 Å². The van der Waals surface area contributed by atoms with Crippen molar-refractivity contribution in [2.75, 3.05) is 18.5 Å². The number of nitrogens with one attached hydrogen (secondary N) is 1. The maximum Gasteiger partial charge on any atom is 0.126 e. The molecule has 0 bridgehead atoms. The van der Waals surface area contributed by atoms with Gasteiger partial charge in [0, 0.05) is 16.8 Å². The second-order valence-electron chi connectivity index (χ2n) is 3.36. The fraction of sp³-hybridized carbons (Fsp3) is 0.400. The number of rotatable bonds is 2. The van der Waals surface area contributed by atoms with Gasteiger partial charge >= 0.3 is 0 Å². The van der Waals surface area contributed by atoms with Gasteiger partial charge in [0.2, 0.25) is 0 Å². The highest BCUT2D eigenvalue weighted by molar-refractivity contribution is 9.10. The van der Waals surface area contributed by atoms with Gasteiger partial charge in [0.05, 0.1) is 12.6 Å². The molecule has 1 aromatic carbocycles. The molecule has 0 amide bonds. The highest BCUT2D eigenvalue weighted by Crippen LogP contribution is 2.20. The van der Waals surface area contributed by atoms with Crippen LogP contribution in [0.5, 0.6) is 0 Å². The SMILES string of the molecule is Fc1cc(Br)cc(NC2CCOC2)c1. The van der Waals surface area contributed by atoms with Gasteiger partial charge in [-0.1, -0.05) is 15.9 Å². The Balaban J connectivity index is 2.07. The predicted molar refractivity (Wildman–Crippen MR) is 56.9 cm³/mol. The first kappa shape index (κ1) is 9.93. The first-order valence-corrected chi connectivity index (χ1v) is 5.34. The molecule has 4 heteroatoms. The molecule has 0 saturated carbocycles. The smallest absolute Gasteiger partial charge is 0.126 e. The Bertz CT molecular complexity index is 306. The van der Waals surface area contributed by atoms with Crippen LogP contribution in [0, 0.1) is 5.82 Å². The number of halogens is 2. The molecular formula is C10H11BrFNO. The zero-order chi connectivity index (χ0) is 9.97. The molecule has 1 aromatic rings. The van der Waals surface area contributed by atoms with Crippen LogP contribution in [-0.4, -0.2) is 19.3 Å². The third-order valence-corrected chi connectivity index (χ3v) is 2.62. The molecule has 0 aromatic heterocycles. The van der Waals surface area contributed by atoms with Gasteiger partial charge in [-0.3, -0.25) is 0 Å². The normalized spacial score (nSPS) is 21.1. The van der Waals surface area contributed by atoms with E-state index in [0.29, 0.717) is 12.6 Å². The van der Waals surface area contributed by atoms with Crippen molar-refractivity contribution in [2.24, 2.45) is 0 Å². The van der Waals surface area contributed by atoms with E-state index < -0.39 is 0 Å². The Morgan fingerprint density at radius 1 is 1.43 bits per heavy atom. The van der Waals surface area contributed by atoms with Crippen LogP contribution in [0.4, 0.5) is 10.1 Å². The highest BCUT2D eigenvalue weighted by Gasteiger charge is 2.15. The molecule has 1 saturated heterocycles. The third kappa shape index (κ3) is 2.45. The van der Waals surface area contributed by atoms with Crippen LogP contribution < -0.4 is 5.32 Å². The summed E-state index contributed by atoms with van der Waals surface area (Å²) in [6.07, 6.45) is 0.980. The molecule has 1 aliphatic heterocycles. The summed E-state index contributed by atoms with van der Waals surface area (Å²) >= 11 is 3.25. The Labute approximate surface area is 90.6 Å². The molecule has 2 nitrogen and oxygen atoms in total. The molecule has 76 valence electrons. The summed E-state index contributed by atoms with van der Waals surface area (Å²) in [5.41, 5.74) is 0.798. The van der Waals surface area contributed by atoms with E-state index in [9.17, 15) is 4.39 Å². The zero-order valence-electron chi connectivity index (χ0n) is 7.59. The standard InChI is InChI=1S/C10H11BrFNO/c11-7-3-8(12)5-10(4-7)13-9-1-2-14-6-9/h3-5,9,13H,1-2,6H2. The Kier molecular flexibility index (Phi) is 3.03. The summed E-state index contributed by atoms with van der Waals surface area (Å²) in [6.45, 7) is 1.49. The van der Waals surface area contributed by atoms with Gasteiger partial charge in [0.1, 0.15) is 5.82 Å². The van der Waals surface area contributed by atoms with E-state index in [0.717, 1.165) is 23.2 Å². The second-order valence-corrected chi connectivity index (χ2v) is 4.28. The van der Waals surface area contributed by atoms with Crippen LogP contribution in [-0.2, 0) is 4.74 Å². The van der Waals surface area contributed by atoms with Crippen LogP contribution in [0.1, 0.15) is 6.42 Å². The quantitative estimate of drug-likeness (QED) is 0.882. The average molecular weight is 260 g/mol. The molecule has 0 spiro atoms. The van der Waals surface area contributed by atoms with Crippen molar-refractivity contribution in [3.8, 4) is 0 Å². The average Bonchev–Trinajstić information content (AvgIpc) is 2.54. The van der Waals surface area contributed by atoms with Crippen molar-refractivity contribution in [2.45, 2.75) is 12.5 Å². The van der Waals surface area contributed by atoms with Crippen LogP contribution >= 0.6 is 15.9 Å². The zero-order valence-corrected chi connectivity index (χ0v) is 9.18. The van der Waals surface area contributed by atoms with Crippen LogP contribution in [0.2, 0.25) is 0 Å². The molecule has 0 radical (unpaired) electrons. The van der Waals surface area contributed by atoms with Crippen molar-refractivity contribution >= 4 is 21.6 Å². The van der Waals surface area contributed by atoms with Crippen molar-refractivity contribution < 1.29 is 9.13 Å². The fourth-order valence-electron chi connectivity index (χ4n) is 1.52. The molecule has 1 aliphatic rings. The van der Waals surface area contributed by atoms with E-state index in [2.05, 4.69) is 21.2 Å². The van der Waals surface area contributed by atoms with Gasteiger partial charge in [0.15, 0.2) is 0 Å². The number of hydrogen-bond acceptors (Lipinski definition) is 2. The maximum absolute atomic E-state index is 13.0. The molecule has 1 N–H and O–H groups in total. The van der Waals surface area contributed by atoms with Gasteiger partial charge in [-0.25, -0.2) is 4.39 Å². The van der Waals surface area contributed by atoms with E-state index in [-0.39, 0.29) is 5.82 Å². The molecule has 2 rings (SSSR count). The van der Waals surface area contributed by atoms with E-state index in [4.69, 9.17) is 4.74 Å². The summed E-state index contributed by atoms with van der Waals surface area (Å²) in [6, 6.07) is 5.10. The van der Waals surface area contributed by atoms with Crippen molar-refractivity contribution in [1.82, 2.24) is 0 Å². The lowest BCUT2D eigenvalue weighted by Gasteiger charge is -2.12. The summed E-state index contributed by atoms with van der Waals surface area (Å²) in [7, 11) is 0. The first-order chi connectivity index (χ1) is 6.74. The number of hydrogen-bond donors (Lipinski definition) is 1. The van der Waals surface area contributed by atoms with Crippen molar-refractivity contribution in [3.63, 3.8) is 0 Å². The largest absolute Gasteiger partial charge is 0.380 e. The Hall–Kier alpha value is -0.610. The number of anilines is 1. The summed E-state index contributed by atoms with van der Waals surface area (Å²) in [5.74, 6) is -0.235. The lowest BCUT2D eigenvalue weighted by molar-refractivity contribution is 0.195. The minimum atomic E-state index is -0.235. The van der Waals surface area contributed by atoms with Gasteiger partial charge in [-0.2, -0.15) is 0 Å². The van der Waals surface area contributed by atoms with Crippen LogP contribution in [0.3, 0.4) is 0 Å². The molecule has 0 aliphatic carbocycles. The lowest BCUT2D eigenvalue weighted by Crippen LogP contribution is -2.18.